The second kappa shape index (κ2) is 13.9. The number of rotatable bonds is 12. The summed E-state index contributed by atoms with van der Waals surface area (Å²) in [5.74, 6) is 0.311. The van der Waals surface area contributed by atoms with Crippen LogP contribution >= 0.6 is 0 Å². The fraction of sp³-hybridized carbons (Fsp3) is 0.727. The first-order chi connectivity index (χ1) is 12.2. The molecule has 1 fully saturated rings. The number of allylic oxidation sites excluding steroid dienone is 3. The van der Waals surface area contributed by atoms with E-state index in [-0.39, 0.29) is 18.0 Å². The highest BCUT2D eigenvalue weighted by Gasteiger charge is 2.21. The molecule has 1 aliphatic carbocycles. The van der Waals surface area contributed by atoms with Crippen molar-refractivity contribution < 1.29 is 14.3 Å². The molecular weight excluding hydrogens is 312 g/mol. The van der Waals surface area contributed by atoms with Crippen LogP contribution in [0.5, 0.6) is 0 Å². The van der Waals surface area contributed by atoms with E-state index in [9.17, 15) is 9.59 Å². The van der Waals surface area contributed by atoms with E-state index in [1.807, 2.05) is 18.2 Å². The quantitative estimate of drug-likeness (QED) is 0.194. The fourth-order valence-electron chi connectivity index (χ4n) is 3.52. The Kier molecular flexibility index (Phi) is 12.0. The molecule has 3 nitrogen and oxygen atoms in total. The number of unbranched alkanes of at least 4 members (excludes halogenated alkanes) is 5. The Morgan fingerprint density at radius 1 is 1.04 bits per heavy atom. The number of ether oxygens (including phenoxy) is 1. The molecule has 1 saturated carbocycles. The average molecular weight is 349 g/mol. The lowest BCUT2D eigenvalue weighted by molar-refractivity contribution is -0.144. The molecule has 0 aliphatic heterocycles. The first kappa shape index (κ1) is 21.7. The maximum Gasteiger partial charge on any atom is 0.303 e. The van der Waals surface area contributed by atoms with E-state index in [2.05, 4.69) is 13.0 Å². The summed E-state index contributed by atoms with van der Waals surface area (Å²) in [5.41, 5.74) is 0. The molecule has 1 unspecified atom stereocenters. The van der Waals surface area contributed by atoms with Crippen molar-refractivity contribution in [2.24, 2.45) is 11.8 Å². The molecule has 0 N–H and O–H groups in total. The molecule has 0 spiro atoms. The molecule has 142 valence electrons. The van der Waals surface area contributed by atoms with Gasteiger partial charge in [0.25, 0.3) is 0 Å². The van der Waals surface area contributed by atoms with Crippen LogP contribution in [0.4, 0.5) is 0 Å². The molecule has 0 heterocycles. The van der Waals surface area contributed by atoms with E-state index >= 15 is 0 Å². The minimum Gasteiger partial charge on any atom is -0.458 e. The van der Waals surface area contributed by atoms with Crippen LogP contribution in [-0.2, 0) is 14.3 Å². The van der Waals surface area contributed by atoms with E-state index in [1.54, 1.807) is 0 Å². The molecule has 0 radical (unpaired) electrons. The molecule has 3 atom stereocenters. The zero-order valence-corrected chi connectivity index (χ0v) is 16.1. The summed E-state index contributed by atoms with van der Waals surface area (Å²) in [6.07, 6.45) is 21.9. The fourth-order valence-corrected chi connectivity index (χ4v) is 3.52. The minimum absolute atomic E-state index is 0.137. The molecule has 0 aromatic carbocycles. The second-order valence-electron chi connectivity index (χ2n) is 7.22. The Labute approximate surface area is 153 Å². The molecular formula is C22H36O3. The first-order valence-corrected chi connectivity index (χ1v) is 10.1. The van der Waals surface area contributed by atoms with E-state index < -0.39 is 0 Å². The van der Waals surface area contributed by atoms with Gasteiger partial charge in [0.15, 0.2) is 0 Å². The smallest absolute Gasteiger partial charge is 0.303 e. The molecule has 0 aromatic rings. The molecule has 0 amide bonds. The maximum atomic E-state index is 11.3. The third-order valence-corrected chi connectivity index (χ3v) is 5.00. The lowest BCUT2D eigenvalue weighted by Crippen LogP contribution is -2.18. The predicted molar refractivity (Wildman–Crippen MR) is 103 cm³/mol. The maximum absolute atomic E-state index is 11.3. The SMILES string of the molecule is CCCCCCCCC(C=CC=C[C@H]1CCCC[C@H]1C=O)OC(C)=O. The van der Waals surface area contributed by atoms with Crippen LogP contribution in [0.3, 0.4) is 0 Å². The van der Waals surface area contributed by atoms with Crippen molar-refractivity contribution in [2.45, 2.75) is 90.6 Å². The molecule has 3 heteroatoms. The highest BCUT2D eigenvalue weighted by atomic mass is 16.5. The Balaban J connectivity index is 2.39. The van der Waals surface area contributed by atoms with Gasteiger partial charge in [0.05, 0.1) is 0 Å². The van der Waals surface area contributed by atoms with Crippen LogP contribution in [-0.4, -0.2) is 18.4 Å². The van der Waals surface area contributed by atoms with Crippen LogP contribution in [0.1, 0.15) is 84.5 Å². The summed E-state index contributed by atoms with van der Waals surface area (Å²) < 4.78 is 5.40. The van der Waals surface area contributed by atoms with Gasteiger partial charge in [0.2, 0.25) is 0 Å². The number of carbonyl (C=O) groups is 2. The molecule has 25 heavy (non-hydrogen) atoms. The van der Waals surface area contributed by atoms with Crippen molar-refractivity contribution in [3.63, 3.8) is 0 Å². The molecule has 1 aliphatic rings. The Bertz CT molecular complexity index is 425. The van der Waals surface area contributed by atoms with Gasteiger partial charge in [0, 0.05) is 12.8 Å². The minimum atomic E-state index is -0.224. The van der Waals surface area contributed by atoms with E-state index in [0.717, 1.165) is 38.4 Å². The van der Waals surface area contributed by atoms with Gasteiger partial charge in [-0.15, -0.1) is 0 Å². The zero-order chi connectivity index (χ0) is 18.3. The number of carbonyl (C=O) groups excluding carboxylic acids is 2. The topological polar surface area (TPSA) is 43.4 Å². The van der Waals surface area contributed by atoms with Crippen molar-refractivity contribution in [3.8, 4) is 0 Å². The van der Waals surface area contributed by atoms with Crippen molar-refractivity contribution in [3.05, 3.63) is 24.3 Å². The van der Waals surface area contributed by atoms with Gasteiger partial charge in [0.1, 0.15) is 12.4 Å². The van der Waals surface area contributed by atoms with Crippen molar-refractivity contribution in [1.29, 1.82) is 0 Å². The van der Waals surface area contributed by atoms with Gasteiger partial charge in [-0.05, 0) is 37.7 Å². The second-order valence-corrected chi connectivity index (χ2v) is 7.22. The summed E-state index contributed by atoms with van der Waals surface area (Å²) in [6.45, 7) is 3.69. The van der Waals surface area contributed by atoms with Crippen LogP contribution in [0, 0.1) is 11.8 Å². The third kappa shape index (κ3) is 10.3. The predicted octanol–water partition coefficient (Wildman–Crippen LogP) is 5.79. The van der Waals surface area contributed by atoms with Crippen molar-refractivity contribution >= 4 is 12.3 Å². The summed E-state index contributed by atoms with van der Waals surface area (Å²) >= 11 is 0. The number of hydrogen-bond donors (Lipinski definition) is 0. The first-order valence-electron chi connectivity index (χ1n) is 10.1. The highest BCUT2D eigenvalue weighted by molar-refractivity contribution is 5.66. The lowest BCUT2D eigenvalue weighted by Gasteiger charge is -2.24. The average Bonchev–Trinajstić information content (AvgIpc) is 2.61. The van der Waals surface area contributed by atoms with Crippen molar-refractivity contribution in [2.75, 3.05) is 0 Å². The molecule has 0 saturated heterocycles. The van der Waals surface area contributed by atoms with Crippen molar-refractivity contribution in [1.82, 2.24) is 0 Å². The summed E-state index contributed by atoms with van der Waals surface area (Å²) in [5, 5.41) is 0. The van der Waals surface area contributed by atoms with Gasteiger partial charge in [-0.2, -0.15) is 0 Å². The summed E-state index contributed by atoms with van der Waals surface area (Å²) in [7, 11) is 0. The monoisotopic (exact) mass is 348 g/mol. The van der Waals surface area contributed by atoms with Crippen LogP contribution in [0.2, 0.25) is 0 Å². The summed E-state index contributed by atoms with van der Waals surface area (Å²) in [6, 6.07) is 0. The highest BCUT2D eigenvalue weighted by Crippen LogP contribution is 2.29. The van der Waals surface area contributed by atoms with Gasteiger partial charge in [-0.25, -0.2) is 0 Å². The van der Waals surface area contributed by atoms with Gasteiger partial charge in [-0.1, -0.05) is 70.1 Å². The molecule has 0 aromatic heterocycles. The molecule has 0 bridgehead atoms. The molecule has 1 rings (SSSR count). The van der Waals surface area contributed by atoms with Gasteiger partial charge >= 0.3 is 5.97 Å². The third-order valence-electron chi connectivity index (χ3n) is 5.00. The summed E-state index contributed by atoms with van der Waals surface area (Å²) in [4.78, 5) is 22.4. The Morgan fingerprint density at radius 3 is 2.40 bits per heavy atom. The van der Waals surface area contributed by atoms with Gasteiger partial charge in [-0.3, -0.25) is 4.79 Å². The Hall–Kier alpha value is -1.38. The van der Waals surface area contributed by atoms with E-state index in [1.165, 1.54) is 45.4 Å². The lowest BCUT2D eigenvalue weighted by atomic mass is 9.80. The van der Waals surface area contributed by atoms with Gasteiger partial charge < -0.3 is 9.53 Å². The van der Waals surface area contributed by atoms with E-state index in [0.29, 0.717) is 5.92 Å². The normalized spacial score (nSPS) is 22.3. The Morgan fingerprint density at radius 2 is 1.72 bits per heavy atom. The van der Waals surface area contributed by atoms with Crippen LogP contribution in [0.25, 0.3) is 0 Å². The van der Waals surface area contributed by atoms with Crippen LogP contribution < -0.4 is 0 Å². The largest absolute Gasteiger partial charge is 0.458 e. The van der Waals surface area contributed by atoms with Crippen LogP contribution in [0.15, 0.2) is 24.3 Å². The zero-order valence-electron chi connectivity index (χ0n) is 16.1. The van der Waals surface area contributed by atoms with E-state index in [4.69, 9.17) is 4.74 Å². The number of aldehydes is 1. The number of esters is 1. The standard InChI is InChI=1S/C22H36O3/c1-3-4-5-6-7-8-16-22(25-19(2)24)17-12-11-14-20-13-9-10-15-21(20)18-23/h11-12,14,17-18,20-22H,3-10,13,15-16H2,1-2H3/t20-,21+,22?/m1/s1. The number of hydrogen-bond acceptors (Lipinski definition) is 3.